The molecule has 0 radical (unpaired) electrons. The van der Waals surface area contributed by atoms with Crippen LogP contribution in [0.2, 0.25) is 0 Å². The lowest BCUT2D eigenvalue weighted by Gasteiger charge is -2.32. The van der Waals surface area contributed by atoms with Crippen LogP contribution in [0, 0.1) is 0 Å². The Kier molecular flexibility index (Phi) is 6.68. The summed E-state index contributed by atoms with van der Waals surface area (Å²) in [6, 6.07) is 20.2. The third-order valence-electron chi connectivity index (χ3n) is 7.41. The average Bonchev–Trinajstić information content (AvgIpc) is 3.64. The van der Waals surface area contributed by atoms with Crippen LogP contribution in [-0.4, -0.2) is 53.4 Å². The lowest BCUT2D eigenvalue weighted by atomic mass is 9.90. The van der Waals surface area contributed by atoms with Gasteiger partial charge in [-0.05, 0) is 84.9 Å². The van der Waals surface area contributed by atoms with Crippen LogP contribution in [-0.2, 0) is 13.1 Å². The summed E-state index contributed by atoms with van der Waals surface area (Å²) in [7, 11) is 0. The summed E-state index contributed by atoms with van der Waals surface area (Å²) in [6.07, 6.45) is 9.77. The molecule has 1 amide bonds. The molecule has 1 aliphatic heterocycles. The molecule has 2 N–H and O–H groups in total. The second kappa shape index (κ2) is 10.6. The van der Waals surface area contributed by atoms with E-state index in [1.54, 1.807) is 30.3 Å². The molecular weight excluding hydrogens is 478 g/mol. The highest BCUT2D eigenvalue weighted by Crippen LogP contribution is 2.30. The maximum absolute atomic E-state index is 11.5. The standard InChI is InChI=1S/C29H29N7O2/c37-29(33-38)24-5-1-22(2-6-24)18-35-14-11-25-15-26(16-30-28(25)35)23-9-12-34(13-10-23)17-21-3-7-27(8-4-21)36-19-31-32-20-36/h1-8,11,14-16,19-20,23,38H,9-10,12-13,17-18H2,(H,33,37). The summed E-state index contributed by atoms with van der Waals surface area (Å²) in [5.41, 5.74) is 7.79. The molecule has 6 rings (SSSR count). The maximum Gasteiger partial charge on any atom is 0.274 e. The van der Waals surface area contributed by atoms with Gasteiger partial charge in [-0.2, -0.15) is 0 Å². The van der Waals surface area contributed by atoms with Crippen LogP contribution < -0.4 is 5.48 Å². The van der Waals surface area contributed by atoms with E-state index in [2.05, 4.69) is 62.3 Å². The molecule has 0 atom stereocenters. The molecule has 1 aliphatic rings. The van der Waals surface area contributed by atoms with Crippen molar-refractivity contribution in [3.05, 3.63) is 108 Å². The lowest BCUT2D eigenvalue weighted by molar-refractivity contribution is 0.0706. The van der Waals surface area contributed by atoms with E-state index in [4.69, 9.17) is 10.2 Å². The van der Waals surface area contributed by atoms with Crippen molar-refractivity contribution >= 4 is 16.9 Å². The second-order valence-corrected chi connectivity index (χ2v) is 9.85. The summed E-state index contributed by atoms with van der Waals surface area (Å²) in [6.45, 7) is 3.76. The summed E-state index contributed by atoms with van der Waals surface area (Å²) in [5.74, 6) is 0.00837. The van der Waals surface area contributed by atoms with Gasteiger partial charge in [0.2, 0.25) is 0 Å². The minimum absolute atomic E-state index is 0.420. The number of rotatable bonds is 7. The first-order valence-electron chi connectivity index (χ1n) is 12.8. The van der Waals surface area contributed by atoms with Crippen molar-refractivity contribution < 1.29 is 10.0 Å². The molecule has 5 aromatic rings. The molecule has 38 heavy (non-hydrogen) atoms. The van der Waals surface area contributed by atoms with E-state index in [1.807, 2.05) is 22.9 Å². The highest BCUT2D eigenvalue weighted by Gasteiger charge is 2.21. The van der Waals surface area contributed by atoms with E-state index in [0.29, 0.717) is 18.0 Å². The normalized spacial score (nSPS) is 14.7. The van der Waals surface area contributed by atoms with Crippen molar-refractivity contribution in [2.24, 2.45) is 0 Å². The molecule has 3 aromatic heterocycles. The zero-order chi connectivity index (χ0) is 25.9. The Morgan fingerprint density at radius 2 is 1.61 bits per heavy atom. The zero-order valence-electron chi connectivity index (χ0n) is 20.9. The molecule has 1 saturated heterocycles. The Balaban J connectivity index is 1.06. The number of fused-ring (bicyclic) bond motifs is 1. The Labute approximate surface area is 220 Å². The van der Waals surface area contributed by atoms with Gasteiger partial charge in [-0.3, -0.25) is 19.5 Å². The van der Waals surface area contributed by atoms with E-state index < -0.39 is 5.91 Å². The third kappa shape index (κ3) is 5.06. The van der Waals surface area contributed by atoms with Gasteiger partial charge in [0.1, 0.15) is 18.3 Å². The molecule has 0 unspecified atom stereocenters. The van der Waals surface area contributed by atoms with Crippen molar-refractivity contribution in [3.8, 4) is 5.69 Å². The number of likely N-dealkylation sites (tertiary alicyclic amines) is 1. The van der Waals surface area contributed by atoms with Crippen LogP contribution in [0.1, 0.15) is 45.8 Å². The minimum atomic E-state index is -0.513. The zero-order valence-corrected chi connectivity index (χ0v) is 20.9. The number of hydrogen-bond donors (Lipinski definition) is 2. The number of carbonyl (C=O) groups excluding carboxylic acids is 1. The van der Waals surface area contributed by atoms with E-state index in [1.165, 1.54) is 11.1 Å². The molecule has 0 saturated carbocycles. The molecule has 4 heterocycles. The van der Waals surface area contributed by atoms with Gasteiger partial charge in [0.05, 0.1) is 0 Å². The number of nitrogens with zero attached hydrogens (tertiary/aromatic N) is 6. The molecule has 9 heteroatoms. The van der Waals surface area contributed by atoms with Crippen LogP contribution in [0.3, 0.4) is 0 Å². The summed E-state index contributed by atoms with van der Waals surface area (Å²) >= 11 is 0. The van der Waals surface area contributed by atoms with Crippen LogP contribution in [0.25, 0.3) is 16.7 Å². The predicted molar refractivity (Wildman–Crippen MR) is 143 cm³/mol. The van der Waals surface area contributed by atoms with Gasteiger partial charge >= 0.3 is 0 Å². The van der Waals surface area contributed by atoms with Crippen LogP contribution in [0.4, 0.5) is 0 Å². The number of pyridine rings is 1. The first kappa shape index (κ1) is 24.0. The van der Waals surface area contributed by atoms with E-state index in [-0.39, 0.29) is 0 Å². The quantitative estimate of drug-likeness (QED) is 0.253. The fourth-order valence-electron chi connectivity index (χ4n) is 5.26. The summed E-state index contributed by atoms with van der Waals surface area (Å²) < 4.78 is 4.03. The van der Waals surface area contributed by atoms with Crippen LogP contribution in [0.5, 0.6) is 0 Å². The fourth-order valence-corrected chi connectivity index (χ4v) is 5.26. The number of hydroxylamine groups is 1. The first-order valence-corrected chi connectivity index (χ1v) is 12.8. The molecule has 9 nitrogen and oxygen atoms in total. The second-order valence-electron chi connectivity index (χ2n) is 9.85. The van der Waals surface area contributed by atoms with Crippen molar-refractivity contribution in [1.82, 2.24) is 34.7 Å². The van der Waals surface area contributed by atoms with E-state index in [0.717, 1.165) is 54.8 Å². The smallest absolute Gasteiger partial charge is 0.274 e. The SMILES string of the molecule is O=C(NO)c1ccc(Cn2ccc3cc(C4CCN(Cc5ccc(-n6cnnc6)cc5)CC4)cnc32)cc1. The predicted octanol–water partition coefficient (Wildman–Crippen LogP) is 4.16. The highest BCUT2D eigenvalue weighted by molar-refractivity contribution is 5.93. The number of benzene rings is 2. The first-order chi connectivity index (χ1) is 18.7. The minimum Gasteiger partial charge on any atom is -0.328 e. The highest BCUT2D eigenvalue weighted by atomic mass is 16.5. The molecule has 1 fully saturated rings. The molecular formula is C29H29N7O2. The van der Waals surface area contributed by atoms with Gasteiger partial charge in [-0.15, -0.1) is 10.2 Å². The van der Waals surface area contributed by atoms with Crippen molar-refractivity contribution in [2.75, 3.05) is 13.1 Å². The number of hydrogen-bond acceptors (Lipinski definition) is 6. The fraction of sp³-hybridized carbons (Fsp3) is 0.241. The topological polar surface area (TPSA) is 101 Å². The molecule has 192 valence electrons. The number of nitrogens with one attached hydrogen (secondary N) is 1. The van der Waals surface area contributed by atoms with E-state index >= 15 is 0 Å². The third-order valence-corrected chi connectivity index (χ3v) is 7.41. The Morgan fingerprint density at radius 1 is 0.921 bits per heavy atom. The Hall–Kier alpha value is -4.34. The van der Waals surface area contributed by atoms with E-state index in [9.17, 15) is 4.79 Å². The monoisotopic (exact) mass is 507 g/mol. The summed E-state index contributed by atoms with van der Waals surface area (Å²) in [5, 5.41) is 17.7. The molecule has 2 aromatic carbocycles. The largest absolute Gasteiger partial charge is 0.328 e. The van der Waals surface area contributed by atoms with Crippen molar-refractivity contribution in [3.63, 3.8) is 0 Å². The van der Waals surface area contributed by atoms with Gasteiger partial charge in [0.25, 0.3) is 5.91 Å². The molecule has 0 spiro atoms. The number of amides is 1. The van der Waals surface area contributed by atoms with Gasteiger partial charge in [-0.25, -0.2) is 10.5 Å². The number of piperidine rings is 1. The van der Waals surface area contributed by atoms with Gasteiger partial charge < -0.3 is 4.57 Å². The lowest BCUT2D eigenvalue weighted by Crippen LogP contribution is -2.32. The van der Waals surface area contributed by atoms with Crippen LogP contribution in [0.15, 0.2) is 85.7 Å². The molecule has 0 bridgehead atoms. The number of aromatic nitrogens is 5. The number of carbonyl (C=O) groups is 1. The Bertz CT molecular complexity index is 1520. The maximum atomic E-state index is 11.5. The van der Waals surface area contributed by atoms with Crippen molar-refractivity contribution in [2.45, 2.75) is 31.8 Å². The van der Waals surface area contributed by atoms with Gasteiger partial charge in [0.15, 0.2) is 0 Å². The average molecular weight is 508 g/mol. The van der Waals surface area contributed by atoms with Gasteiger partial charge in [0, 0.05) is 42.1 Å². The van der Waals surface area contributed by atoms with Gasteiger partial charge in [-0.1, -0.05) is 24.3 Å². The molecule has 0 aliphatic carbocycles. The summed E-state index contributed by atoms with van der Waals surface area (Å²) in [4.78, 5) is 18.9. The Morgan fingerprint density at radius 3 is 2.32 bits per heavy atom. The van der Waals surface area contributed by atoms with Crippen LogP contribution >= 0.6 is 0 Å². The van der Waals surface area contributed by atoms with Crippen molar-refractivity contribution in [1.29, 1.82) is 0 Å².